The zero-order valence-corrected chi connectivity index (χ0v) is 15.9. The topological polar surface area (TPSA) is 86.3 Å². The van der Waals surface area contributed by atoms with E-state index in [1.165, 1.54) is 6.33 Å². The molecule has 1 aliphatic rings. The summed E-state index contributed by atoms with van der Waals surface area (Å²) >= 11 is 0. The lowest BCUT2D eigenvalue weighted by Crippen LogP contribution is -2.50. The van der Waals surface area contributed by atoms with Gasteiger partial charge in [0.1, 0.15) is 35.4 Å². The minimum Gasteiger partial charge on any atom is -0.353 e. The molecule has 2 N–H and O–H groups in total. The smallest absolute Gasteiger partial charge is 0.321 e. The summed E-state index contributed by atoms with van der Waals surface area (Å²) in [5.74, 6) is 0.545. The van der Waals surface area contributed by atoms with Gasteiger partial charge in [0.05, 0.1) is 0 Å². The van der Waals surface area contributed by atoms with Crippen molar-refractivity contribution in [3.05, 3.63) is 66.6 Å². The third-order valence-corrected chi connectivity index (χ3v) is 4.58. The van der Waals surface area contributed by atoms with Crippen LogP contribution in [0.2, 0.25) is 0 Å². The van der Waals surface area contributed by atoms with Crippen LogP contribution in [0.15, 0.2) is 55.0 Å². The van der Waals surface area contributed by atoms with Crippen LogP contribution >= 0.6 is 0 Å². The number of halogens is 2. The maximum Gasteiger partial charge on any atom is 0.321 e. The molecule has 8 nitrogen and oxygen atoms in total. The van der Waals surface area contributed by atoms with E-state index in [4.69, 9.17) is 0 Å². The summed E-state index contributed by atoms with van der Waals surface area (Å²) in [6, 6.07) is 9.87. The first-order valence-corrected chi connectivity index (χ1v) is 9.34. The number of rotatable bonds is 4. The van der Waals surface area contributed by atoms with Crippen molar-refractivity contribution < 1.29 is 13.6 Å². The molecule has 0 radical (unpaired) electrons. The van der Waals surface area contributed by atoms with Gasteiger partial charge in [-0.25, -0.2) is 28.5 Å². The van der Waals surface area contributed by atoms with Gasteiger partial charge in [-0.2, -0.15) is 0 Å². The van der Waals surface area contributed by atoms with Crippen molar-refractivity contribution in [3.63, 3.8) is 0 Å². The molecule has 4 rings (SSSR count). The molecule has 154 valence electrons. The molecule has 0 spiro atoms. The van der Waals surface area contributed by atoms with Crippen molar-refractivity contribution in [1.82, 2.24) is 19.9 Å². The summed E-state index contributed by atoms with van der Waals surface area (Å²) in [4.78, 5) is 28.8. The highest BCUT2D eigenvalue weighted by molar-refractivity contribution is 5.89. The quantitative estimate of drug-likeness (QED) is 0.686. The van der Waals surface area contributed by atoms with E-state index in [0.29, 0.717) is 37.8 Å². The van der Waals surface area contributed by atoms with Crippen molar-refractivity contribution in [3.8, 4) is 0 Å². The molecule has 0 aliphatic carbocycles. The Morgan fingerprint density at radius 1 is 0.900 bits per heavy atom. The second kappa shape index (κ2) is 8.68. The Morgan fingerprint density at radius 3 is 2.37 bits per heavy atom. The van der Waals surface area contributed by atoms with Gasteiger partial charge in [0.2, 0.25) is 0 Å². The van der Waals surface area contributed by atoms with Crippen LogP contribution in [-0.4, -0.2) is 52.1 Å². The number of nitrogens with zero attached hydrogens (tertiary/aromatic N) is 5. The molecule has 3 aromatic rings. The average Bonchev–Trinajstić information content (AvgIpc) is 2.74. The number of anilines is 4. The van der Waals surface area contributed by atoms with Crippen molar-refractivity contribution in [2.24, 2.45) is 0 Å². The van der Waals surface area contributed by atoms with Crippen LogP contribution in [0.4, 0.5) is 36.7 Å². The maximum atomic E-state index is 13.3. The molecule has 0 saturated carbocycles. The third-order valence-electron chi connectivity index (χ3n) is 4.58. The summed E-state index contributed by atoms with van der Waals surface area (Å²) in [6.45, 7) is 2.00. The number of aromatic nitrogens is 3. The van der Waals surface area contributed by atoms with E-state index in [9.17, 15) is 13.6 Å². The van der Waals surface area contributed by atoms with E-state index in [1.807, 2.05) is 29.2 Å². The van der Waals surface area contributed by atoms with Gasteiger partial charge in [0.25, 0.3) is 0 Å². The number of benzene rings is 1. The SMILES string of the molecule is O=C(Nc1cc(F)cc(F)c1)N1CCN(c2cc(Nc3ccccn3)ncn2)CC1. The van der Waals surface area contributed by atoms with E-state index >= 15 is 0 Å². The normalized spacial score (nSPS) is 13.8. The molecule has 2 aromatic heterocycles. The van der Waals surface area contributed by atoms with Gasteiger partial charge in [-0.1, -0.05) is 6.07 Å². The standard InChI is InChI=1S/C20H19F2N7O/c21-14-9-15(22)11-16(10-14)26-20(30)29-7-5-28(6-8-29)19-12-18(24-13-25-19)27-17-3-1-2-4-23-17/h1-4,9-13H,5-8H2,(H,26,30)(H,23,24,25,27). The summed E-state index contributed by atoms with van der Waals surface area (Å²) < 4.78 is 26.6. The van der Waals surface area contributed by atoms with E-state index < -0.39 is 17.7 Å². The molecule has 2 amide bonds. The maximum absolute atomic E-state index is 13.3. The van der Waals surface area contributed by atoms with Gasteiger partial charge in [0.15, 0.2) is 0 Å². The Kier molecular flexibility index (Phi) is 5.64. The number of pyridine rings is 1. The summed E-state index contributed by atoms with van der Waals surface area (Å²) in [5.41, 5.74) is 0.0842. The number of hydrogen-bond donors (Lipinski definition) is 2. The van der Waals surface area contributed by atoms with E-state index in [1.54, 1.807) is 11.1 Å². The van der Waals surface area contributed by atoms with E-state index in [-0.39, 0.29) is 5.69 Å². The number of amides is 2. The van der Waals surface area contributed by atoms with Crippen molar-refractivity contribution in [1.29, 1.82) is 0 Å². The van der Waals surface area contributed by atoms with Gasteiger partial charge < -0.3 is 20.4 Å². The van der Waals surface area contributed by atoms with E-state index in [0.717, 1.165) is 24.0 Å². The van der Waals surface area contributed by atoms with E-state index in [2.05, 4.69) is 25.6 Å². The molecule has 0 atom stereocenters. The van der Waals surface area contributed by atoms with Gasteiger partial charge in [-0.15, -0.1) is 0 Å². The highest BCUT2D eigenvalue weighted by atomic mass is 19.1. The van der Waals surface area contributed by atoms with Gasteiger partial charge in [0, 0.05) is 50.2 Å². The molecular formula is C20H19F2N7O. The molecule has 3 heterocycles. The number of piperazine rings is 1. The number of carbonyl (C=O) groups excluding carboxylic acids is 1. The number of hydrogen-bond acceptors (Lipinski definition) is 6. The second-order valence-corrected chi connectivity index (χ2v) is 6.66. The van der Waals surface area contributed by atoms with Crippen LogP contribution in [0.5, 0.6) is 0 Å². The fourth-order valence-electron chi connectivity index (χ4n) is 3.12. The molecule has 1 aromatic carbocycles. The lowest BCUT2D eigenvalue weighted by atomic mass is 10.3. The van der Waals surface area contributed by atoms with Crippen LogP contribution < -0.4 is 15.5 Å². The number of urea groups is 1. The molecule has 1 saturated heterocycles. The van der Waals surface area contributed by atoms with Crippen LogP contribution in [-0.2, 0) is 0 Å². The minimum atomic E-state index is -0.742. The number of carbonyl (C=O) groups is 1. The van der Waals surface area contributed by atoms with Crippen LogP contribution in [0.25, 0.3) is 0 Å². The summed E-state index contributed by atoms with van der Waals surface area (Å²) in [7, 11) is 0. The first-order chi connectivity index (χ1) is 14.6. The zero-order chi connectivity index (χ0) is 20.9. The zero-order valence-electron chi connectivity index (χ0n) is 15.9. The second-order valence-electron chi connectivity index (χ2n) is 6.66. The van der Waals surface area contributed by atoms with Crippen molar-refractivity contribution >= 4 is 29.2 Å². The Labute approximate surface area is 171 Å². The molecule has 30 heavy (non-hydrogen) atoms. The van der Waals surface area contributed by atoms with Crippen LogP contribution in [0, 0.1) is 11.6 Å². The molecule has 1 fully saturated rings. The lowest BCUT2D eigenvalue weighted by Gasteiger charge is -2.35. The molecule has 10 heteroatoms. The number of nitrogens with one attached hydrogen (secondary N) is 2. The minimum absolute atomic E-state index is 0.0842. The average molecular weight is 411 g/mol. The highest BCUT2D eigenvalue weighted by Gasteiger charge is 2.22. The molecule has 0 unspecified atom stereocenters. The Bertz CT molecular complexity index is 1010. The molecule has 1 aliphatic heterocycles. The van der Waals surface area contributed by atoms with Crippen LogP contribution in [0.3, 0.4) is 0 Å². The predicted molar refractivity (Wildman–Crippen MR) is 109 cm³/mol. The van der Waals surface area contributed by atoms with Crippen LogP contribution in [0.1, 0.15) is 0 Å². The first-order valence-electron chi connectivity index (χ1n) is 9.34. The summed E-state index contributed by atoms with van der Waals surface area (Å²) in [6.07, 6.45) is 3.16. The highest BCUT2D eigenvalue weighted by Crippen LogP contribution is 2.19. The van der Waals surface area contributed by atoms with Gasteiger partial charge in [-0.05, 0) is 24.3 Å². The Hall–Kier alpha value is -3.82. The molecule has 0 bridgehead atoms. The van der Waals surface area contributed by atoms with Gasteiger partial charge >= 0.3 is 6.03 Å². The lowest BCUT2D eigenvalue weighted by molar-refractivity contribution is 0.208. The monoisotopic (exact) mass is 411 g/mol. The largest absolute Gasteiger partial charge is 0.353 e. The van der Waals surface area contributed by atoms with Crippen molar-refractivity contribution in [2.75, 3.05) is 41.7 Å². The predicted octanol–water partition coefficient (Wildman–Crippen LogP) is 3.25. The fraction of sp³-hybridized carbons (Fsp3) is 0.200. The fourth-order valence-corrected chi connectivity index (χ4v) is 3.12. The Morgan fingerprint density at radius 2 is 1.67 bits per heavy atom. The van der Waals surface area contributed by atoms with Gasteiger partial charge in [-0.3, -0.25) is 0 Å². The molecular weight excluding hydrogens is 392 g/mol. The van der Waals surface area contributed by atoms with Crippen molar-refractivity contribution in [2.45, 2.75) is 0 Å². The third kappa shape index (κ3) is 4.77. The summed E-state index contributed by atoms with van der Waals surface area (Å²) in [5, 5.41) is 5.65. The Balaban J connectivity index is 1.35. The first kappa shape index (κ1) is 19.5.